The number of piperidine rings is 1. The van der Waals surface area contributed by atoms with Gasteiger partial charge in [-0.2, -0.15) is 0 Å². The molecular weight excluding hydrogens is 244 g/mol. The minimum atomic E-state index is -0.759. The fraction of sp³-hybridized carbons (Fsp3) is 0.571. The molecule has 1 amide bonds. The fourth-order valence-corrected chi connectivity index (χ4v) is 2.67. The minimum absolute atomic E-state index is 0.0544. The van der Waals surface area contributed by atoms with Crippen LogP contribution in [0.1, 0.15) is 41.7 Å². The smallest absolute Gasteiger partial charge is 0.303 e. The van der Waals surface area contributed by atoms with Gasteiger partial charge in [-0.15, -0.1) is 0 Å². The molecule has 2 rings (SSSR count). The van der Waals surface area contributed by atoms with Crippen LogP contribution in [0.2, 0.25) is 0 Å². The minimum Gasteiger partial charge on any atom is -0.481 e. The van der Waals surface area contributed by atoms with E-state index in [-0.39, 0.29) is 12.3 Å². The Balaban J connectivity index is 1.95. The molecule has 0 saturated carbocycles. The first-order chi connectivity index (χ1) is 9.08. The van der Waals surface area contributed by atoms with Crippen LogP contribution >= 0.6 is 0 Å². The topological polar surface area (TPSA) is 73.4 Å². The number of likely N-dealkylation sites (tertiary alicyclic amines) is 1. The molecule has 1 fully saturated rings. The van der Waals surface area contributed by atoms with Gasteiger partial charge in [0, 0.05) is 31.4 Å². The second-order valence-corrected chi connectivity index (χ2v) is 5.21. The molecule has 104 valence electrons. The van der Waals surface area contributed by atoms with Crippen molar-refractivity contribution >= 4 is 11.9 Å². The summed E-state index contributed by atoms with van der Waals surface area (Å²) in [6.45, 7) is 3.34. The van der Waals surface area contributed by atoms with E-state index in [2.05, 4.69) is 4.98 Å². The summed E-state index contributed by atoms with van der Waals surface area (Å²) in [4.78, 5) is 27.8. The van der Waals surface area contributed by atoms with E-state index in [4.69, 9.17) is 5.11 Å². The molecule has 0 radical (unpaired) electrons. The van der Waals surface area contributed by atoms with E-state index >= 15 is 0 Å². The number of nitrogens with one attached hydrogen (secondary N) is 1. The van der Waals surface area contributed by atoms with Crippen LogP contribution in [0.25, 0.3) is 0 Å². The molecule has 0 bridgehead atoms. The Morgan fingerprint density at radius 1 is 1.53 bits per heavy atom. The van der Waals surface area contributed by atoms with Gasteiger partial charge in [0.15, 0.2) is 0 Å². The summed E-state index contributed by atoms with van der Waals surface area (Å²) in [5.41, 5.74) is 1.61. The van der Waals surface area contributed by atoms with Crippen LogP contribution in [0.15, 0.2) is 12.3 Å². The van der Waals surface area contributed by atoms with Crippen molar-refractivity contribution in [3.8, 4) is 0 Å². The second-order valence-electron chi connectivity index (χ2n) is 5.21. The Morgan fingerprint density at radius 3 is 2.95 bits per heavy atom. The van der Waals surface area contributed by atoms with Crippen LogP contribution < -0.4 is 0 Å². The second kappa shape index (κ2) is 5.91. The van der Waals surface area contributed by atoms with Gasteiger partial charge in [-0.1, -0.05) is 0 Å². The Labute approximate surface area is 112 Å². The number of aromatic nitrogens is 1. The first kappa shape index (κ1) is 13.6. The predicted octanol–water partition coefficient (Wildman–Crippen LogP) is 2.04. The molecule has 5 nitrogen and oxygen atoms in total. The third-order valence-corrected chi connectivity index (χ3v) is 3.76. The summed E-state index contributed by atoms with van der Waals surface area (Å²) in [5, 5.41) is 8.72. The normalized spacial score (nSPS) is 19.4. The van der Waals surface area contributed by atoms with Crippen molar-refractivity contribution in [3.63, 3.8) is 0 Å². The van der Waals surface area contributed by atoms with Crippen molar-refractivity contribution in [2.75, 3.05) is 13.1 Å². The average Bonchev–Trinajstić information content (AvgIpc) is 2.82. The summed E-state index contributed by atoms with van der Waals surface area (Å²) in [7, 11) is 0. The van der Waals surface area contributed by atoms with Crippen LogP contribution in [0.3, 0.4) is 0 Å². The zero-order valence-electron chi connectivity index (χ0n) is 11.2. The highest BCUT2D eigenvalue weighted by Gasteiger charge is 2.25. The van der Waals surface area contributed by atoms with E-state index in [1.807, 2.05) is 11.8 Å². The number of hydrogen-bond acceptors (Lipinski definition) is 2. The third-order valence-electron chi connectivity index (χ3n) is 3.76. The van der Waals surface area contributed by atoms with Crippen LogP contribution in [0, 0.1) is 12.8 Å². The lowest BCUT2D eigenvalue weighted by Gasteiger charge is -2.32. The number of carbonyl (C=O) groups excluding carboxylic acids is 1. The molecule has 5 heteroatoms. The maximum absolute atomic E-state index is 12.4. The molecule has 1 aromatic heterocycles. The highest BCUT2D eigenvalue weighted by atomic mass is 16.4. The molecular formula is C14H20N2O3. The van der Waals surface area contributed by atoms with Gasteiger partial charge < -0.3 is 15.0 Å². The lowest BCUT2D eigenvalue weighted by molar-refractivity contribution is -0.137. The number of rotatable bonds is 4. The zero-order valence-corrected chi connectivity index (χ0v) is 11.2. The van der Waals surface area contributed by atoms with Crippen molar-refractivity contribution in [2.24, 2.45) is 5.92 Å². The third kappa shape index (κ3) is 3.36. The van der Waals surface area contributed by atoms with E-state index in [1.54, 1.807) is 12.3 Å². The largest absolute Gasteiger partial charge is 0.481 e. The number of H-pyrrole nitrogens is 1. The van der Waals surface area contributed by atoms with Gasteiger partial charge in [0.25, 0.3) is 5.91 Å². The number of hydrogen-bond donors (Lipinski definition) is 2. The molecule has 1 unspecified atom stereocenters. The number of aromatic amines is 1. The van der Waals surface area contributed by atoms with E-state index < -0.39 is 5.97 Å². The van der Waals surface area contributed by atoms with Crippen molar-refractivity contribution in [2.45, 2.75) is 32.6 Å². The Morgan fingerprint density at radius 2 is 2.32 bits per heavy atom. The molecule has 1 aliphatic heterocycles. The number of carboxylic acids is 1. The number of carboxylic acid groups (broad SMARTS) is 1. The first-order valence-corrected chi connectivity index (χ1v) is 6.73. The van der Waals surface area contributed by atoms with Gasteiger partial charge >= 0.3 is 5.97 Å². The monoisotopic (exact) mass is 264 g/mol. The van der Waals surface area contributed by atoms with Crippen molar-refractivity contribution in [3.05, 3.63) is 23.5 Å². The highest BCUT2D eigenvalue weighted by Crippen LogP contribution is 2.23. The maximum atomic E-state index is 12.4. The lowest BCUT2D eigenvalue weighted by Crippen LogP contribution is -2.40. The van der Waals surface area contributed by atoms with Gasteiger partial charge in [-0.05, 0) is 38.2 Å². The standard InChI is InChI=1S/C14H20N2O3/c1-10-12(6-7-15-10)14(19)16-8-2-3-11(9-16)4-5-13(17)18/h6-7,11,15H,2-5,8-9H2,1H3,(H,17,18). The van der Waals surface area contributed by atoms with Crippen molar-refractivity contribution < 1.29 is 14.7 Å². The number of amides is 1. The van der Waals surface area contributed by atoms with Gasteiger partial charge in [0.1, 0.15) is 0 Å². The summed E-state index contributed by atoms with van der Waals surface area (Å²) in [6, 6.07) is 1.80. The van der Waals surface area contributed by atoms with E-state index in [1.165, 1.54) is 0 Å². The Bertz CT molecular complexity index is 467. The average molecular weight is 264 g/mol. The molecule has 1 aromatic rings. The van der Waals surface area contributed by atoms with Gasteiger partial charge in [0.05, 0.1) is 5.56 Å². The molecule has 2 N–H and O–H groups in total. The summed E-state index contributed by atoms with van der Waals surface area (Å²) >= 11 is 0. The molecule has 2 heterocycles. The number of aliphatic carboxylic acids is 1. The highest BCUT2D eigenvalue weighted by molar-refractivity contribution is 5.95. The van der Waals surface area contributed by atoms with Crippen LogP contribution in [0.5, 0.6) is 0 Å². The number of nitrogens with zero attached hydrogens (tertiary/aromatic N) is 1. The molecule has 1 atom stereocenters. The van der Waals surface area contributed by atoms with Gasteiger partial charge in [0.2, 0.25) is 0 Å². The van der Waals surface area contributed by atoms with E-state index in [9.17, 15) is 9.59 Å². The molecule has 19 heavy (non-hydrogen) atoms. The number of carbonyl (C=O) groups is 2. The molecule has 0 spiro atoms. The zero-order chi connectivity index (χ0) is 13.8. The van der Waals surface area contributed by atoms with Crippen molar-refractivity contribution in [1.82, 2.24) is 9.88 Å². The van der Waals surface area contributed by atoms with Crippen LogP contribution in [-0.4, -0.2) is 40.0 Å². The first-order valence-electron chi connectivity index (χ1n) is 6.73. The van der Waals surface area contributed by atoms with E-state index in [0.29, 0.717) is 18.9 Å². The van der Waals surface area contributed by atoms with Gasteiger partial charge in [-0.25, -0.2) is 0 Å². The van der Waals surface area contributed by atoms with Crippen LogP contribution in [-0.2, 0) is 4.79 Å². The van der Waals surface area contributed by atoms with Gasteiger partial charge in [-0.3, -0.25) is 9.59 Å². The van der Waals surface area contributed by atoms with E-state index in [0.717, 1.165) is 30.6 Å². The SMILES string of the molecule is Cc1[nH]ccc1C(=O)N1CCCC(CCC(=O)O)C1. The van der Waals surface area contributed by atoms with Crippen LogP contribution in [0.4, 0.5) is 0 Å². The number of aryl methyl sites for hydroxylation is 1. The molecule has 0 aliphatic carbocycles. The lowest BCUT2D eigenvalue weighted by atomic mass is 9.93. The Kier molecular flexibility index (Phi) is 4.24. The quantitative estimate of drug-likeness (QED) is 0.874. The summed E-state index contributed by atoms with van der Waals surface area (Å²) in [5.74, 6) is -0.392. The maximum Gasteiger partial charge on any atom is 0.303 e. The molecule has 1 aliphatic rings. The summed E-state index contributed by atoms with van der Waals surface area (Å²) < 4.78 is 0. The van der Waals surface area contributed by atoms with Crippen molar-refractivity contribution in [1.29, 1.82) is 0 Å². The summed E-state index contributed by atoms with van der Waals surface area (Å²) in [6.07, 6.45) is 4.60. The molecule has 0 aromatic carbocycles. The predicted molar refractivity (Wildman–Crippen MR) is 71.0 cm³/mol. The Hall–Kier alpha value is -1.78. The fourth-order valence-electron chi connectivity index (χ4n) is 2.67. The molecule has 1 saturated heterocycles.